The van der Waals surface area contributed by atoms with Gasteiger partial charge in [0.25, 0.3) is 0 Å². The summed E-state index contributed by atoms with van der Waals surface area (Å²) in [6, 6.07) is 3.23. The lowest BCUT2D eigenvalue weighted by Gasteiger charge is -2.31. The molecular weight excluding hydrogens is 193 g/mol. The zero-order valence-corrected chi connectivity index (χ0v) is 8.99. The summed E-state index contributed by atoms with van der Waals surface area (Å²) >= 11 is 0. The number of aromatic nitrogens is 1. The Hall–Kier alpha value is -1.00. The van der Waals surface area contributed by atoms with E-state index in [2.05, 4.69) is 21.8 Å². The molecule has 0 bridgehead atoms. The van der Waals surface area contributed by atoms with E-state index < -0.39 is 0 Å². The summed E-state index contributed by atoms with van der Waals surface area (Å²) in [7, 11) is 2.13. The molecule has 0 saturated carbocycles. The highest BCUT2D eigenvalue weighted by atomic mass is 19.1. The minimum atomic E-state index is -0.267. The van der Waals surface area contributed by atoms with E-state index in [0.717, 1.165) is 38.4 Å². The summed E-state index contributed by atoms with van der Waals surface area (Å²) in [5, 5.41) is 0. The molecule has 0 N–H and O–H groups in total. The van der Waals surface area contributed by atoms with Gasteiger partial charge in [-0.05, 0) is 19.2 Å². The van der Waals surface area contributed by atoms with E-state index in [1.165, 1.54) is 12.3 Å². The second kappa shape index (κ2) is 4.68. The van der Waals surface area contributed by atoms with E-state index in [4.69, 9.17) is 0 Å². The molecule has 3 nitrogen and oxygen atoms in total. The molecule has 1 saturated heterocycles. The van der Waals surface area contributed by atoms with Gasteiger partial charge in [-0.25, -0.2) is 4.39 Å². The molecule has 0 aliphatic carbocycles. The van der Waals surface area contributed by atoms with Gasteiger partial charge < -0.3 is 4.90 Å². The van der Waals surface area contributed by atoms with Gasteiger partial charge in [-0.3, -0.25) is 9.88 Å². The lowest BCUT2D eigenvalue weighted by Crippen LogP contribution is -2.43. The number of hydrogen-bond donors (Lipinski definition) is 0. The highest BCUT2D eigenvalue weighted by molar-refractivity contribution is 5.05. The second-order valence-electron chi connectivity index (χ2n) is 4.05. The average Bonchev–Trinajstić information content (AvgIpc) is 2.25. The molecule has 0 radical (unpaired) electrons. The third-order valence-corrected chi connectivity index (χ3v) is 2.77. The quantitative estimate of drug-likeness (QED) is 0.723. The lowest BCUT2D eigenvalue weighted by atomic mass is 10.3. The molecule has 1 fully saturated rings. The molecule has 1 aliphatic rings. The Labute approximate surface area is 89.5 Å². The van der Waals surface area contributed by atoms with Gasteiger partial charge in [0.15, 0.2) is 0 Å². The summed E-state index contributed by atoms with van der Waals surface area (Å²) in [4.78, 5) is 8.72. The van der Waals surface area contributed by atoms with Gasteiger partial charge in [-0.1, -0.05) is 0 Å². The van der Waals surface area contributed by atoms with Gasteiger partial charge in [0.1, 0.15) is 5.82 Å². The summed E-state index contributed by atoms with van der Waals surface area (Å²) in [6.07, 6.45) is 1.28. The Morgan fingerprint density at radius 1 is 1.27 bits per heavy atom. The van der Waals surface area contributed by atoms with Crippen LogP contribution in [0.2, 0.25) is 0 Å². The van der Waals surface area contributed by atoms with Crippen LogP contribution >= 0.6 is 0 Å². The van der Waals surface area contributed by atoms with Crippen LogP contribution in [0.3, 0.4) is 0 Å². The van der Waals surface area contributed by atoms with E-state index in [1.807, 2.05) is 0 Å². The summed E-state index contributed by atoms with van der Waals surface area (Å²) in [5.74, 6) is -0.267. The normalized spacial score (nSPS) is 19.3. The maximum Gasteiger partial charge on any atom is 0.141 e. The van der Waals surface area contributed by atoms with Crippen molar-refractivity contribution in [1.29, 1.82) is 0 Å². The van der Waals surface area contributed by atoms with Gasteiger partial charge in [-0.15, -0.1) is 0 Å². The molecule has 2 heterocycles. The SMILES string of the molecule is CN1CCN(Cc2ccc(F)cn2)CC1. The number of piperazine rings is 1. The number of nitrogens with zero attached hydrogens (tertiary/aromatic N) is 3. The van der Waals surface area contributed by atoms with Crippen LogP contribution in [0.5, 0.6) is 0 Å². The fourth-order valence-electron chi connectivity index (χ4n) is 1.74. The van der Waals surface area contributed by atoms with Gasteiger partial charge in [-0.2, -0.15) is 0 Å². The van der Waals surface area contributed by atoms with Crippen molar-refractivity contribution in [2.45, 2.75) is 6.54 Å². The smallest absolute Gasteiger partial charge is 0.141 e. The molecule has 82 valence electrons. The topological polar surface area (TPSA) is 19.4 Å². The van der Waals surface area contributed by atoms with Crippen LogP contribution < -0.4 is 0 Å². The fraction of sp³-hybridized carbons (Fsp3) is 0.545. The largest absolute Gasteiger partial charge is 0.304 e. The molecule has 0 unspecified atom stereocenters. The van der Waals surface area contributed by atoms with Crippen molar-refractivity contribution >= 4 is 0 Å². The highest BCUT2D eigenvalue weighted by Crippen LogP contribution is 2.06. The number of rotatable bonds is 2. The van der Waals surface area contributed by atoms with E-state index in [1.54, 1.807) is 6.07 Å². The molecule has 0 atom stereocenters. The van der Waals surface area contributed by atoms with Crippen LogP contribution in [0.25, 0.3) is 0 Å². The molecule has 1 aromatic rings. The van der Waals surface area contributed by atoms with Crippen molar-refractivity contribution in [2.75, 3.05) is 33.2 Å². The molecule has 0 spiro atoms. The molecule has 0 amide bonds. The maximum absolute atomic E-state index is 12.6. The van der Waals surface area contributed by atoms with Gasteiger partial charge in [0.2, 0.25) is 0 Å². The Morgan fingerprint density at radius 3 is 2.60 bits per heavy atom. The monoisotopic (exact) mass is 209 g/mol. The van der Waals surface area contributed by atoms with Crippen molar-refractivity contribution in [1.82, 2.24) is 14.8 Å². The fourth-order valence-corrected chi connectivity index (χ4v) is 1.74. The van der Waals surface area contributed by atoms with Crippen LogP contribution in [-0.2, 0) is 6.54 Å². The van der Waals surface area contributed by atoms with Crippen molar-refractivity contribution in [3.05, 3.63) is 29.8 Å². The zero-order chi connectivity index (χ0) is 10.7. The molecule has 2 rings (SSSR count). The second-order valence-corrected chi connectivity index (χ2v) is 4.05. The standard InChI is InChI=1S/C11H16FN3/c1-14-4-6-15(7-5-14)9-11-3-2-10(12)8-13-11/h2-3,8H,4-7,9H2,1H3. The third-order valence-electron chi connectivity index (χ3n) is 2.77. The first kappa shape index (κ1) is 10.5. The van der Waals surface area contributed by atoms with Gasteiger partial charge in [0.05, 0.1) is 11.9 Å². The first-order valence-electron chi connectivity index (χ1n) is 5.25. The molecule has 15 heavy (non-hydrogen) atoms. The predicted octanol–water partition coefficient (Wildman–Crippen LogP) is 0.968. The van der Waals surface area contributed by atoms with Crippen molar-refractivity contribution < 1.29 is 4.39 Å². The van der Waals surface area contributed by atoms with Crippen molar-refractivity contribution in [3.8, 4) is 0 Å². The predicted molar refractivity (Wildman–Crippen MR) is 57.0 cm³/mol. The number of pyridine rings is 1. The molecule has 4 heteroatoms. The summed E-state index contributed by atoms with van der Waals surface area (Å²) in [5.41, 5.74) is 0.945. The van der Waals surface area contributed by atoms with E-state index in [9.17, 15) is 4.39 Å². The van der Waals surface area contributed by atoms with E-state index in [0.29, 0.717) is 0 Å². The lowest BCUT2D eigenvalue weighted by molar-refractivity contribution is 0.147. The van der Waals surface area contributed by atoms with E-state index in [-0.39, 0.29) is 5.82 Å². The Kier molecular flexibility index (Phi) is 3.28. The minimum absolute atomic E-state index is 0.267. The zero-order valence-electron chi connectivity index (χ0n) is 8.99. The third kappa shape index (κ3) is 2.97. The van der Waals surface area contributed by atoms with Crippen molar-refractivity contribution in [2.24, 2.45) is 0 Å². The maximum atomic E-state index is 12.6. The summed E-state index contributed by atoms with van der Waals surface area (Å²) in [6.45, 7) is 5.15. The average molecular weight is 209 g/mol. The molecular formula is C11H16FN3. The molecule has 1 aromatic heterocycles. The first-order chi connectivity index (χ1) is 7.24. The minimum Gasteiger partial charge on any atom is -0.304 e. The van der Waals surface area contributed by atoms with Crippen LogP contribution in [0, 0.1) is 5.82 Å². The number of likely N-dealkylation sites (N-methyl/N-ethyl adjacent to an activating group) is 1. The summed E-state index contributed by atoms with van der Waals surface area (Å²) < 4.78 is 12.6. The van der Waals surface area contributed by atoms with Gasteiger partial charge in [0, 0.05) is 32.7 Å². The molecule has 0 aromatic carbocycles. The Morgan fingerprint density at radius 2 is 2.00 bits per heavy atom. The van der Waals surface area contributed by atoms with Crippen LogP contribution in [0.4, 0.5) is 4.39 Å². The molecule has 1 aliphatic heterocycles. The van der Waals surface area contributed by atoms with Crippen LogP contribution in [0.1, 0.15) is 5.69 Å². The highest BCUT2D eigenvalue weighted by Gasteiger charge is 2.13. The Bertz CT molecular complexity index is 304. The van der Waals surface area contributed by atoms with Crippen molar-refractivity contribution in [3.63, 3.8) is 0 Å². The van der Waals surface area contributed by atoms with Crippen LogP contribution in [-0.4, -0.2) is 48.0 Å². The van der Waals surface area contributed by atoms with E-state index >= 15 is 0 Å². The van der Waals surface area contributed by atoms with Crippen LogP contribution in [0.15, 0.2) is 18.3 Å². The number of halogens is 1. The van der Waals surface area contributed by atoms with Gasteiger partial charge >= 0.3 is 0 Å². The first-order valence-corrected chi connectivity index (χ1v) is 5.25. The number of hydrogen-bond acceptors (Lipinski definition) is 3. The Balaban J connectivity index is 1.89.